The average Bonchev–Trinajstić information content (AvgIpc) is 2.36. The molecule has 1 aromatic carbocycles. The van der Waals surface area contributed by atoms with Crippen molar-refractivity contribution < 1.29 is 0 Å². The lowest BCUT2D eigenvalue weighted by atomic mass is 9.53. The quantitative estimate of drug-likeness (QED) is 0.690. The van der Waals surface area contributed by atoms with Crippen LogP contribution in [0, 0.1) is 17.8 Å². The zero-order valence-electron chi connectivity index (χ0n) is 10.9. The molecule has 94 valence electrons. The van der Waals surface area contributed by atoms with Crippen LogP contribution >= 0.6 is 0 Å². The van der Waals surface area contributed by atoms with Gasteiger partial charge in [0.15, 0.2) is 0 Å². The molecule has 4 fully saturated rings. The van der Waals surface area contributed by atoms with E-state index in [9.17, 15) is 0 Å². The third kappa shape index (κ3) is 1.81. The number of nitrogens with zero attached hydrogens (tertiary/aromatic N) is 1. The van der Waals surface area contributed by atoms with Crippen molar-refractivity contribution in [3.05, 3.63) is 35.9 Å². The Bertz CT molecular complexity index is 424. The van der Waals surface area contributed by atoms with Gasteiger partial charge in [0.05, 0.1) is 5.54 Å². The van der Waals surface area contributed by atoms with Gasteiger partial charge in [-0.3, -0.25) is 4.99 Å². The van der Waals surface area contributed by atoms with Crippen LogP contribution < -0.4 is 0 Å². The van der Waals surface area contributed by atoms with Crippen LogP contribution in [0.5, 0.6) is 0 Å². The van der Waals surface area contributed by atoms with Crippen LogP contribution in [-0.2, 0) is 0 Å². The molecule has 0 unspecified atom stereocenters. The molecule has 4 aliphatic rings. The van der Waals surface area contributed by atoms with E-state index < -0.39 is 0 Å². The van der Waals surface area contributed by atoms with Gasteiger partial charge in [0.2, 0.25) is 0 Å². The molecule has 4 bridgehead atoms. The Hall–Kier alpha value is -1.11. The SMILES string of the molecule is C(=N\C12CC3CC(CC(C3)C1)C2)/c1ccccc1. The van der Waals surface area contributed by atoms with Crippen molar-refractivity contribution in [1.29, 1.82) is 0 Å². The molecule has 0 heterocycles. The lowest BCUT2D eigenvalue weighted by Crippen LogP contribution is -2.49. The molecule has 0 radical (unpaired) electrons. The van der Waals surface area contributed by atoms with Gasteiger partial charge in [0, 0.05) is 6.21 Å². The fraction of sp³-hybridized carbons (Fsp3) is 0.588. The molecule has 0 aromatic heterocycles. The molecule has 0 aliphatic heterocycles. The van der Waals surface area contributed by atoms with Gasteiger partial charge in [-0.25, -0.2) is 0 Å². The minimum atomic E-state index is 0.324. The van der Waals surface area contributed by atoms with E-state index in [1.54, 1.807) is 0 Å². The standard InChI is InChI=1S/C17H21N/c1-2-4-13(5-3-1)12-18-17-9-14-6-15(10-17)8-16(7-14)11-17/h1-5,12,14-16H,6-11H2/b18-12+. The molecule has 0 saturated heterocycles. The Kier molecular flexibility index (Phi) is 2.36. The topological polar surface area (TPSA) is 12.4 Å². The molecule has 0 N–H and O–H groups in total. The molecule has 4 aliphatic carbocycles. The maximum Gasteiger partial charge on any atom is 0.0616 e. The Balaban J connectivity index is 1.59. The minimum Gasteiger partial charge on any atom is -0.286 e. The predicted molar refractivity (Wildman–Crippen MR) is 74.9 cm³/mol. The van der Waals surface area contributed by atoms with Crippen LogP contribution in [0.25, 0.3) is 0 Å². The fourth-order valence-electron chi connectivity index (χ4n) is 4.97. The Morgan fingerprint density at radius 2 is 1.44 bits per heavy atom. The Morgan fingerprint density at radius 1 is 0.889 bits per heavy atom. The number of hydrogen-bond acceptors (Lipinski definition) is 1. The highest BCUT2D eigenvalue weighted by atomic mass is 14.9. The van der Waals surface area contributed by atoms with Gasteiger partial charge in [-0.1, -0.05) is 30.3 Å². The number of benzene rings is 1. The zero-order valence-corrected chi connectivity index (χ0v) is 10.9. The van der Waals surface area contributed by atoms with E-state index in [2.05, 4.69) is 36.5 Å². The first-order valence-electron chi connectivity index (χ1n) is 7.42. The lowest BCUT2D eigenvalue weighted by molar-refractivity contribution is 0.00195. The van der Waals surface area contributed by atoms with Crippen LogP contribution in [0.1, 0.15) is 44.1 Å². The first kappa shape index (κ1) is 10.8. The van der Waals surface area contributed by atoms with Crippen molar-refractivity contribution in [3.8, 4) is 0 Å². The second-order valence-corrected chi connectivity index (χ2v) is 6.81. The number of rotatable bonds is 2. The van der Waals surface area contributed by atoms with E-state index in [4.69, 9.17) is 4.99 Å². The summed E-state index contributed by atoms with van der Waals surface area (Å²) in [5, 5.41) is 0. The number of aliphatic imine (C=N–C) groups is 1. The molecule has 1 nitrogen and oxygen atoms in total. The highest BCUT2D eigenvalue weighted by Crippen LogP contribution is 2.57. The summed E-state index contributed by atoms with van der Waals surface area (Å²) in [7, 11) is 0. The summed E-state index contributed by atoms with van der Waals surface area (Å²) in [6.07, 6.45) is 10.7. The van der Waals surface area contributed by atoms with Crippen LogP contribution in [0.15, 0.2) is 35.3 Å². The van der Waals surface area contributed by atoms with E-state index in [0.29, 0.717) is 5.54 Å². The minimum absolute atomic E-state index is 0.324. The summed E-state index contributed by atoms with van der Waals surface area (Å²) in [5.74, 6) is 2.97. The first-order valence-corrected chi connectivity index (χ1v) is 7.42. The van der Waals surface area contributed by atoms with Crippen LogP contribution in [0.4, 0.5) is 0 Å². The van der Waals surface area contributed by atoms with E-state index in [0.717, 1.165) is 17.8 Å². The second kappa shape index (κ2) is 3.94. The summed E-state index contributed by atoms with van der Waals surface area (Å²) in [5.41, 5.74) is 1.58. The molecule has 0 amide bonds. The predicted octanol–water partition coefficient (Wildman–Crippen LogP) is 4.07. The monoisotopic (exact) mass is 239 g/mol. The number of hydrogen-bond donors (Lipinski definition) is 0. The van der Waals surface area contributed by atoms with Crippen LogP contribution in [0.2, 0.25) is 0 Å². The maximum absolute atomic E-state index is 5.06. The van der Waals surface area contributed by atoms with Gasteiger partial charge in [0.1, 0.15) is 0 Å². The van der Waals surface area contributed by atoms with Crippen molar-refractivity contribution in [3.63, 3.8) is 0 Å². The average molecular weight is 239 g/mol. The highest BCUT2D eigenvalue weighted by molar-refractivity contribution is 5.79. The molecule has 18 heavy (non-hydrogen) atoms. The fourth-order valence-corrected chi connectivity index (χ4v) is 4.97. The van der Waals surface area contributed by atoms with Crippen molar-refractivity contribution in [2.75, 3.05) is 0 Å². The van der Waals surface area contributed by atoms with Gasteiger partial charge in [-0.05, 0) is 61.8 Å². The molecule has 1 aromatic rings. The van der Waals surface area contributed by atoms with Gasteiger partial charge in [-0.2, -0.15) is 0 Å². The first-order chi connectivity index (χ1) is 8.81. The van der Waals surface area contributed by atoms with E-state index in [1.807, 2.05) is 0 Å². The van der Waals surface area contributed by atoms with E-state index in [-0.39, 0.29) is 0 Å². The molecule has 1 heteroatoms. The van der Waals surface area contributed by atoms with Gasteiger partial charge >= 0.3 is 0 Å². The van der Waals surface area contributed by atoms with Crippen molar-refractivity contribution in [2.45, 2.75) is 44.1 Å². The maximum atomic E-state index is 5.06. The molecule has 0 spiro atoms. The van der Waals surface area contributed by atoms with Gasteiger partial charge < -0.3 is 0 Å². The van der Waals surface area contributed by atoms with Crippen molar-refractivity contribution in [2.24, 2.45) is 22.7 Å². The zero-order chi connectivity index (χ0) is 12.0. The van der Waals surface area contributed by atoms with Crippen LogP contribution in [-0.4, -0.2) is 11.8 Å². The molecule has 5 rings (SSSR count). The third-order valence-electron chi connectivity index (χ3n) is 5.29. The van der Waals surface area contributed by atoms with E-state index in [1.165, 1.54) is 44.1 Å². The molecular formula is C17H21N. The summed E-state index contributed by atoms with van der Waals surface area (Å²) >= 11 is 0. The Morgan fingerprint density at radius 3 is 2.00 bits per heavy atom. The van der Waals surface area contributed by atoms with Gasteiger partial charge in [-0.15, -0.1) is 0 Å². The molecule has 4 saturated carbocycles. The largest absolute Gasteiger partial charge is 0.286 e. The van der Waals surface area contributed by atoms with Gasteiger partial charge in [0.25, 0.3) is 0 Å². The smallest absolute Gasteiger partial charge is 0.0616 e. The second-order valence-electron chi connectivity index (χ2n) is 6.81. The molecular weight excluding hydrogens is 218 g/mol. The van der Waals surface area contributed by atoms with E-state index >= 15 is 0 Å². The highest BCUT2D eigenvalue weighted by Gasteiger charge is 2.50. The molecule has 0 atom stereocenters. The summed E-state index contributed by atoms with van der Waals surface area (Å²) in [6.45, 7) is 0. The van der Waals surface area contributed by atoms with Crippen LogP contribution in [0.3, 0.4) is 0 Å². The lowest BCUT2D eigenvalue weighted by Gasteiger charge is -2.54. The summed E-state index contributed by atoms with van der Waals surface area (Å²) in [4.78, 5) is 5.06. The Labute approximate surface area is 109 Å². The summed E-state index contributed by atoms with van der Waals surface area (Å²) < 4.78 is 0. The summed E-state index contributed by atoms with van der Waals surface area (Å²) in [6, 6.07) is 10.6. The van der Waals surface area contributed by atoms with Crippen molar-refractivity contribution in [1.82, 2.24) is 0 Å². The van der Waals surface area contributed by atoms with Crippen molar-refractivity contribution >= 4 is 6.21 Å². The third-order valence-corrected chi connectivity index (χ3v) is 5.29. The normalized spacial score (nSPS) is 41.7.